The summed E-state index contributed by atoms with van der Waals surface area (Å²) >= 11 is 7.29. The third-order valence-electron chi connectivity index (χ3n) is 5.43. The Labute approximate surface area is 208 Å². The fourth-order valence-electron chi connectivity index (χ4n) is 3.62. The highest BCUT2D eigenvalue weighted by molar-refractivity contribution is 8.05. The topological polar surface area (TPSA) is 73.2 Å². The number of halogens is 1. The minimum absolute atomic E-state index is 0.0874. The van der Waals surface area contributed by atoms with Crippen molar-refractivity contribution in [3.8, 4) is 6.07 Å². The van der Waals surface area contributed by atoms with Crippen molar-refractivity contribution in [3.63, 3.8) is 0 Å². The van der Waals surface area contributed by atoms with Gasteiger partial charge >= 0.3 is 0 Å². The van der Waals surface area contributed by atoms with E-state index in [0.717, 1.165) is 16.7 Å². The first kappa shape index (κ1) is 23.6. The van der Waals surface area contributed by atoms with E-state index >= 15 is 0 Å². The highest BCUT2D eigenvalue weighted by atomic mass is 35.5. The summed E-state index contributed by atoms with van der Waals surface area (Å²) in [4.78, 5) is 28.0. The van der Waals surface area contributed by atoms with Gasteiger partial charge in [0.25, 0.3) is 5.91 Å². The third kappa shape index (κ3) is 5.33. The van der Waals surface area contributed by atoms with Crippen molar-refractivity contribution >= 4 is 40.9 Å². The SMILES string of the molecule is Cc1ccc(CC2SC(=C(C#N)C(=O)NCc3ccccc3)N(c3ccc(Cl)cc3)C2=O)cc1. The lowest BCUT2D eigenvalue weighted by Crippen LogP contribution is -2.32. The summed E-state index contributed by atoms with van der Waals surface area (Å²) in [6.07, 6.45) is 0.488. The van der Waals surface area contributed by atoms with Crippen LogP contribution in [0.2, 0.25) is 5.02 Å². The maximum atomic E-state index is 13.5. The van der Waals surface area contributed by atoms with E-state index in [4.69, 9.17) is 11.6 Å². The number of hydrogen-bond acceptors (Lipinski definition) is 4. The van der Waals surface area contributed by atoms with Gasteiger partial charge in [-0.15, -0.1) is 0 Å². The van der Waals surface area contributed by atoms with Gasteiger partial charge in [0.05, 0.1) is 5.25 Å². The molecule has 1 unspecified atom stereocenters. The molecule has 0 aromatic heterocycles. The van der Waals surface area contributed by atoms with Crippen LogP contribution < -0.4 is 10.2 Å². The normalized spacial score (nSPS) is 16.8. The van der Waals surface area contributed by atoms with Gasteiger partial charge in [-0.2, -0.15) is 5.26 Å². The van der Waals surface area contributed by atoms with Crippen LogP contribution in [0, 0.1) is 18.3 Å². The number of nitrogens with zero attached hydrogens (tertiary/aromatic N) is 2. The first-order valence-electron chi connectivity index (χ1n) is 10.7. The number of anilines is 1. The van der Waals surface area contributed by atoms with Gasteiger partial charge in [0, 0.05) is 17.3 Å². The molecule has 0 bridgehead atoms. The lowest BCUT2D eigenvalue weighted by Gasteiger charge is -2.19. The summed E-state index contributed by atoms with van der Waals surface area (Å²) in [7, 11) is 0. The van der Waals surface area contributed by atoms with Crippen molar-refractivity contribution in [1.29, 1.82) is 5.26 Å². The zero-order valence-electron chi connectivity index (χ0n) is 18.5. The van der Waals surface area contributed by atoms with Crippen molar-refractivity contribution in [2.75, 3.05) is 4.90 Å². The van der Waals surface area contributed by atoms with Crippen LogP contribution in [0.5, 0.6) is 0 Å². The van der Waals surface area contributed by atoms with Gasteiger partial charge in [0.15, 0.2) is 0 Å². The number of carbonyl (C=O) groups is 2. The molecule has 1 aliphatic heterocycles. The second kappa shape index (κ2) is 10.6. The molecule has 1 atom stereocenters. The first-order valence-corrected chi connectivity index (χ1v) is 12.0. The first-order chi connectivity index (χ1) is 16.5. The summed E-state index contributed by atoms with van der Waals surface area (Å²) in [5, 5.41) is 13.1. The second-order valence-electron chi connectivity index (χ2n) is 7.91. The van der Waals surface area contributed by atoms with E-state index in [1.54, 1.807) is 24.3 Å². The zero-order chi connectivity index (χ0) is 24.1. The molecule has 0 spiro atoms. The molecule has 1 aliphatic rings. The number of carbonyl (C=O) groups excluding carboxylic acids is 2. The highest BCUT2D eigenvalue weighted by Gasteiger charge is 2.40. The molecule has 0 saturated carbocycles. The molecule has 1 heterocycles. The molecule has 3 aromatic carbocycles. The number of nitriles is 1. The average molecular weight is 488 g/mol. The number of aryl methyl sites for hydroxylation is 1. The Morgan fingerprint density at radius 2 is 1.71 bits per heavy atom. The molecule has 0 radical (unpaired) electrons. The van der Waals surface area contributed by atoms with Crippen LogP contribution in [-0.2, 0) is 22.6 Å². The Kier molecular flexibility index (Phi) is 7.36. The maximum Gasteiger partial charge on any atom is 0.264 e. The molecular formula is C27H22ClN3O2S. The largest absolute Gasteiger partial charge is 0.347 e. The van der Waals surface area contributed by atoms with Crippen molar-refractivity contribution in [2.24, 2.45) is 0 Å². The molecule has 170 valence electrons. The van der Waals surface area contributed by atoms with Crippen LogP contribution in [0.15, 0.2) is 89.5 Å². The van der Waals surface area contributed by atoms with E-state index in [1.165, 1.54) is 16.7 Å². The van der Waals surface area contributed by atoms with E-state index in [-0.39, 0.29) is 18.0 Å². The lowest BCUT2D eigenvalue weighted by molar-refractivity contribution is -0.117. The van der Waals surface area contributed by atoms with E-state index < -0.39 is 11.2 Å². The molecule has 2 amide bonds. The molecular weight excluding hydrogens is 466 g/mol. The van der Waals surface area contributed by atoms with Gasteiger partial charge in [-0.25, -0.2) is 0 Å². The van der Waals surface area contributed by atoms with Crippen LogP contribution in [0.4, 0.5) is 5.69 Å². The van der Waals surface area contributed by atoms with Crippen LogP contribution in [-0.4, -0.2) is 17.1 Å². The van der Waals surface area contributed by atoms with Gasteiger partial charge < -0.3 is 5.32 Å². The quantitative estimate of drug-likeness (QED) is 0.373. The monoisotopic (exact) mass is 487 g/mol. The lowest BCUT2D eigenvalue weighted by atomic mass is 10.1. The smallest absolute Gasteiger partial charge is 0.264 e. The van der Waals surface area contributed by atoms with Gasteiger partial charge in [-0.05, 0) is 48.7 Å². The Morgan fingerprint density at radius 1 is 1.03 bits per heavy atom. The number of nitrogens with one attached hydrogen (secondary N) is 1. The predicted octanol–water partition coefficient (Wildman–Crippen LogP) is 5.39. The molecule has 3 aromatic rings. The fourth-order valence-corrected chi connectivity index (χ4v) is 5.05. The van der Waals surface area contributed by atoms with Gasteiger partial charge in [-0.1, -0.05) is 83.5 Å². The number of rotatable bonds is 6. The van der Waals surface area contributed by atoms with Crippen molar-refractivity contribution in [2.45, 2.75) is 25.1 Å². The number of benzene rings is 3. The van der Waals surface area contributed by atoms with Crippen LogP contribution in [0.25, 0.3) is 0 Å². The Hall–Kier alpha value is -3.53. The van der Waals surface area contributed by atoms with Crippen molar-refractivity contribution < 1.29 is 9.59 Å². The minimum Gasteiger partial charge on any atom is -0.347 e. The van der Waals surface area contributed by atoms with Crippen molar-refractivity contribution in [3.05, 3.63) is 111 Å². The van der Waals surface area contributed by atoms with E-state index in [1.807, 2.05) is 67.6 Å². The molecule has 7 heteroatoms. The molecule has 34 heavy (non-hydrogen) atoms. The molecule has 0 aliphatic carbocycles. The van der Waals surface area contributed by atoms with E-state index in [9.17, 15) is 14.9 Å². The van der Waals surface area contributed by atoms with Crippen LogP contribution >= 0.6 is 23.4 Å². The molecule has 4 rings (SSSR count). The molecule has 1 fully saturated rings. The predicted molar refractivity (Wildman–Crippen MR) is 136 cm³/mol. The van der Waals surface area contributed by atoms with E-state index in [0.29, 0.717) is 22.2 Å². The summed E-state index contributed by atoms with van der Waals surface area (Å²) < 4.78 is 0. The standard InChI is InChI=1S/C27H22ClN3O2S/c1-18-7-9-19(10-8-18)15-24-26(33)31(22-13-11-21(28)12-14-22)27(34-24)23(16-29)25(32)30-17-20-5-3-2-4-6-20/h2-14,24H,15,17H2,1H3,(H,30,32). The zero-order valence-corrected chi connectivity index (χ0v) is 20.1. The molecule has 5 nitrogen and oxygen atoms in total. The molecule has 1 N–H and O–H groups in total. The number of hydrogen-bond donors (Lipinski definition) is 1. The van der Waals surface area contributed by atoms with Gasteiger partial charge in [0.1, 0.15) is 16.7 Å². The fraction of sp³-hybridized carbons (Fsp3) is 0.148. The van der Waals surface area contributed by atoms with Crippen LogP contribution in [0.3, 0.4) is 0 Å². The van der Waals surface area contributed by atoms with Crippen molar-refractivity contribution in [1.82, 2.24) is 5.32 Å². The van der Waals surface area contributed by atoms with Crippen LogP contribution in [0.1, 0.15) is 16.7 Å². The Balaban J connectivity index is 1.66. The Morgan fingerprint density at radius 3 is 2.35 bits per heavy atom. The molecule has 1 saturated heterocycles. The number of thioether (sulfide) groups is 1. The van der Waals surface area contributed by atoms with E-state index in [2.05, 4.69) is 5.32 Å². The summed E-state index contributed by atoms with van der Waals surface area (Å²) in [5.41, 5.74) is 3.54. The van der Waals surface area contributed by atoms with Gasteiger partial charge in [0.2, 0.25) is 5.91 Å². The van der Waals surface area contributed by atoms with Gasteiger partial charge in [-0.3, -0.25) is 14.5 Å². The third-order valence-corrected chi connectivity index (χ3v) is 6.94. The number of amides is 2. The summed E-state index contributed by atoms with van der Waals surface area (Å²) in [6.45, 7) is 2.29. The minimum atomic E-state index is -0.517. The second-order valence-corrected chi connectivity index (χ2v) is 9.53. The summed E-state index contributed by atoms with van der Waals surface area (Å²) in [6, 6.07) is 26.3. The average Bonchev–Trinajstić information content (AvgIpc) is 3.16. The highest BCUT2D eigenvalue weighted by Crippen LogP contribution is 2.42. The maximum absolute atomic E-state index is 13.5. The summed E-state index contributed by atoms with van der Waals surface area (Å²) in [5.74, 6) is -0.692. The Bertz CT molecular complexity index is 1270.